The molecule has 0 aliphatic carbocycles. The van der Waals surface area contributed by atoms with Crippen molar-refractivity contribution in [3.8, 4) is 11.5 Å². The molecule has 3 heterocycles. The Morgan fingerprint density at radius 1 is 1.44 bits per heavy atom. The number of hydrogen-bond donors (Lipinski definition) is 1. The number of aromatic amines is 1. The van der Waals surface area contributed by atoms with Gasteiger partial charge in [-0.3, -0.25) is 0 Å². The van der Waals surface area contributed by atoms with E-state index >= 15 is 0 Å². The van der Waals surface area contributed by atoms with Crippen molar-refractivity contribution in [1.82, 2.24) is 24.5 Å². The fourth-order valence-electron chi connectivity index (χ4n) is 1.93. The van der Waals surface area contributed by atoms with Crippen molar-refractivity contribution in [1.29, 1.82) is 0 Å². The molecule has 0 aliphatic rings. The highest BCUT2D eigenvalue weighted by Crippen LogP contribution is 2.24. The number of aryl methyl sites for hydroxylation is 1. The molecule has 0 aliphatic heterocycles. The third-order valence-electron chi connectivity index (χ3n) is 2.89. The minimum Gasteiger partial charge on any atom is -0.342 e. The lowest BCUT2D eigenvalue weighted by Crippen LogP contribution is -2.08. The largest absolute Gasteiger partial charge is 0.342 e. The van der Waals surface area contributed by atoms with Crippen LogP contribution in [0.2, 0.25) is 0 Å². The van der Waals surface area contributed by atoms with Gasteiger partial charge in [0.1, 0.15) is 5.69 Å². The summed E-state index contributed by atoms with van der Waals surface area (Å²) in [5.74, 6) is 0.880. The Labute approximate surface area is 109 Å². The highest BCUT2D eigenvalue weighted by atomic mass is 32.1. The van der Waals surface area contributed by atoms with Crippen molar-refractivity contribution < 1.29 is 0 Å². The summed E-state index contributed by atoms with van der Waals surface area (Å²) >= 11 is 1.67. The van der Waals surface area contributed by atoms with E-state index in [1.54, 1.807) is 30.1 Å². The minimum atomic E-state index is 0.163. The summed E-state index contributed by atoms with van der Waals surface area (Å²) in [7, 11) is 0. The predicted octanol–water partition coefficient (Wildman–Crippen LogP) is 2.65. The van der Waals surface area contributed by atoms with E-state index in [0.717, 1.165) is 22.2 Å². The summed E-state index contributed by atoms with van der Waals surface area (Å²) in [6, 6.07) is 0.163. The number of nitrogens with zero attached hydrogens (tertiary/aromatic N) is 4. The smallest absolute Gasteiger partial charge is 0.158 e. The lowest BCUT2D eigenvalue weighted by molar-refractivity contribution is 0.628. The van der Waals surface area contributed by atoms with Crippen LogP contribution in [-0.2, 0) is 0 Å². The number of nitrogens with one attached hydrogen (secondary N) is 1. The first-order valence-corrected chi connectivity index (χ1v) is 6.57. The zero-order valence-electron chi connectivity index (χ0n) is 10.2. The molecule has 0 bridgehead atoms. The van der Waals surface area contributed by atoms with E-state index in [0.29, 0.717) is 0 Å². The highest BCUT2D eigenvalue weighted by Gasteiger charge is 2.16. The lowest BCUT2D eigenvalue weighted by Gasteiger charge is -2.13. The van der Waals surface area contributed by atoms with Gasteiger partial charge in [-0.05, 0) is 13.8 Å². The molecule has 3 aromatic rings. The van der Waals surface area contributed by atoms with Crippen LogP contribution in [0, 0.1) is 6.92 Å². The lowest BCUT2D eigenvalue weighted by atomic mass is 10.2. The van der Waals surface area contributed by atoms with Gasteiger partial charge in [0.05, 0.1) is 29.3 Å². The van der Waals surface area contributed by atoms with E-state index in [-0.39, 0.29) is 6.04 Å². The van der Waals surface area contributed by atoms with Gasteiger partial charge in [0.2, 0.25) is 0 Å². The van der Waals surface area contributed by atoms with Crippen LogP contribution in [0.3, 0.4) is 0 Å². The van der Waals surface area contributed by atoms with Gasteiger partial charge in [-0.2, -0.15) is 0 Å². The second-order valence-corrected chi connectivity index (χ2v) is 5.15. The first-order chi connectivity index (χ1) is 8.75. The fourth-order valence-corrected chi connectivity index (χ4v) is 2.63. The van der Waals surface area contributed by atoms with Crippen molar-refractivity contribution in [3.63, 3.8) is 0 Å². The van der Waals surface area contributed by atoms with Crippen LogP contribution in [0.15, 0.2) is 30.3 Å². The van der Waals surface area contributed by atoms with Gasteiger partial charge in [-0.15, -0.1) is 11.3 Å². The summed E-state index contributed by atoms with van der Waals surface area (Å²) in [5.41, 5.74) is 1.98. The normalized spacial score (nSPS) is 12.8. The maximum Gasteiger partial charge on any atom is 0.158 e. The molecule has 0 radical (unpaired) electrons. The minimum absolute atomic E-state index is 0.163. The van der Waals surface area contributed by atoms with E-state index in [1.807, 2.05) is 13.1 Å². The zero-order chi connectivity index (χ0) is 12.5. The average molecular weight is 259 g/mol. The number of thiazole rings is 1. The van der Waals surface area contributed by atoms with Gasteiger partial charge in [0.25, 0.3) is 0 Å². The van der Waals surface area contributed by atoms with Crippen LogP contribution in [-0.4, -0.2) is 24.5 Å². The number of aromatic nitrogens is 5. The molecule has 3 aromatic heterocycles. The Morgan fingerprint density at radius 2 is 2.33 bits per heavy atom. The monoisotopic (exact) mass is 259 g/mol. The molecule has 18 heavy (non-hydrogen) atoms. The Balaban J connectivity index is 2.00. The van der Waals surface area contributed by atoms with Gasteiger partial charge >= 0.3 is 0 Å². The average Bonchev–Trinajstić information content (AvgIpc) is 3.08. The molecule has 0 fully saturated rings. The van der Waals surface area contributed by atoms with Crippen LogP contribution in [0.25, 0.3) is 11.5 Å². The first-order valence-electron chi connectivity index (χ1n) is 5.69. The van der Waals surface area contributed by atoms with E-state index in [1.165, 1.54) is 0 Å². The molecule has 92 valence electrons. The second kappa shape index (κ2) is 4.38. The molecule has 3 rings (SSSR count). The van der Waals surface area contributed by atoms with Crippen molar-refractivity contribution >= 4 is 11.3 Å². The Bertz CT molecular complexity index is 637. The molecule has 0 aromatic carbocycles. The summed E-state index contributed by atoms with van der Waals surface area (Å²) < 4.78 is 2.10. The van der Waals surface area contributed by atoms with Crippen LogP contribution in [0.1, 0.15) is 23.7 Å². The Morgan fingerprint density at radius 3 is 3.00 bits per heavy atom. The van der Waals surface area contributed by atoms with Crippen molar-refractivity contribution in [2.45, 2.75) is 19.9 Å². The van der Waals surface area contributed by atoms with Crippen LogP contribution >= 0.6 is 11.3 Å². The second-order valence-electron chi connectivity index (χ2n) is 4.09. The number of rotatable bonds is 3. The van der Waals surface area contributed by atoms with Crippen LogP contribution < -0.4 is 0 Å². The summed E-state index contributed by atoms with van der Waals surface area (Å²) in [5, 5.41) is 3.18. The summed E-state index contributed by atoms with van der Waals surface area (Å²) in [6.45, 7) is 4.14. The summed E-state index contributed by atoms with van der Waals surface area (Å²) in [6.07, 6.45) is 7.20. The quantitative estimate of drug-likeness (QED) is 0.786. The summed E-state index contributed by atoms with van der Waals surface area (Å²) in [4.78, 5) is 16.0. The molecule has 0 saturated heterocycles. The van der Waals surface area contributed by atoms with Crippen LogP contribution in [0.5, 0.6) is 0 Å². The molecule has 1 unspecified atom stereocenters. The standard InChI is InChI=1S/C12H13N5S/c1-8(11-6-18-9(2)16-11)17-4-3-14-12(17)10-5-13-7-15-10/h3-8H,1-2H3,(H,13,15). The van der Waals surface area contributed by atoms with Crippen LogP contribution in [0.4, 0.5) is 0 Å². The topological polar surface area (TPSA) is 59.4 Å². The highest BCUT2D eigenvalue weighted by molar-refractivity contribution is 7.09. The molecule has 6 heteroatoms. The zero-order valence-corrected chi connectivity index (χ0v) is 11.0. The number of imidazole rings is 2. The maximum atomic E-state index is 4.53. The third-order valence-corrected chi connectivity index (χ3v) is 3.68. The molecule has 1 N–H and O–H groups in total. The van der Waals surface area contributed by atoms with Crippen molar-refractivity contribution in [2.75, 3.05) is 0 Å². The molecule has 5 nitrogen and oxygen atoms in total. The van der Waals surface area contributed by atoms with E-state index in [9.17, 15) is 0 Å². The van der Waals surface area contributed by atoms with Gasteiger partial charge < -0.3 is 9.55 Å². The third kappa shape index (κ3) is 1.84. The Kier molecular flexibility index (Phi) is 2.71. The number of H-pyrrole nitrogens is 1. The van der Waals surface area contributed by atoms with Gasteiger partial charge in [-0.1, -0.05) is 0 Å². The van der Waals surface area contributed by atoms with Crippen molar-refractivity contribution in [3.05, 3.63) is 41.0 Å². The van der Waals surface area contributed by atoms with Gasteiger partial charge in [-0.25, -0.2) is 15.0 Å². The predicted molar refractivity (Wildman–Crippen MR) is 70.5 cm³/mol. The first kappa shape index (κ1) is 11.2. The Hall–Kier alpha value is -1.95. The number of hydrogen-bond acceptors (Lipinski definition) is 4. The fraction of sp³-hybridized carbons (Fsp3) is 0.250. The molecule has 0 saturated carbocycles. The SMILES string of the molecule is Cc1nc(C(C)n2ccnc2-c2cnc[nH]2)cs1. The molecular weight excluding hydrogens is 246 g/mol. The molecule has 1 atom stereocenters. The van der Waals surface area contributed by atoms with Gasteiger partial charge in [0, 0.05) is 17.8 Å². The van der Waals surface area contributed by atoms with E-state index < -0.39 is 0 Å². The molecule has 0 spiro atoms. The van der Waals surface area contributed by atoms with Crippen molar-refractivity contribution in [2.24, 2.45) is 0 Å². The molecular formula is C12H13N5S. The van der Waals surface area contributed by atoms with E-state index in [2.05, 4.69) is 36.8 Å². The maximum absolute atomic E-state index is 4.53. The molecule has 0 amide bonds. The van der Waals surface area contributed by atoms with Gasteiger partial charge in [0.15, 0.2) is 5.82 Å². The van der Waals surface area contributed by atoms with E-state index in [4.69, 9.17) is 0 Å².